The maximum Gasteiger partial charge on any atom is 0.410 e. The summed E-state index contributed by atoms with van der Waals surface area (Å²) in [6.45, 7) is 10.5. The molecule has 6 heteroatoms. The summed E-state index contributed by atoms with van der Waals surface area (Å²) < 4.78 is 17.1. The van der Waals surface area contributed by atoms with Gasteiger partial charge in [0, 0.05) is 32.3 Å². The Hall–Kier alpha value is -1.95. The third-order valence-electron chi connectivity index (χ3n) is 5.77. The van der Waals surface area contributed by atoms with Crippen LogP contribution in [0.5, 0.6) is 5.75 Å². The zero-order valence-corrected chi connectivity index (χ0v) is 17.3. The largest absolute Gasteiger partial charge is 0.490 e. The third-order valence-corrected chi connectivity index (χ3v) is 5.77. The van der Waals surface area contributed by atoms with Gasteiger partial charge in [0.2, 0.25) is 0 Å². The van der Waals surface area contributed by atoms with Crippen molar-refractivity contribution in [3.05, 3.63) is 23.3 Å². The van der Waals surface area contributed by atoms with Crippen LogP contribution in [-0.4, -0.2) is 62.1 Å². The zero-order valence-electron chi connectivity index (χ0n) is 17.3. The number of amides is 1. The van der Waals surface area contributed by atoms with Gasteiger partial charge in [0.1, 0.15) is 18.0 Å². The molecule has 1 fully saturated rings. The van der Waals surface area contributed by atoms with Crippen molar-refractivity contribution in [2.24, 2.45) is 0 Å². The van der Waals surface area contributed by atoms with Crippen molar-refractivity contribution in [1.29, 1.82) is 0 Å². The number of anilines is 1. The van der Waals surface area contributed by atoms with E-state index in [-0.39, 0.29) is 6.09 Å². The van der Waals surface area contributed by atoms with Crippen molar-refractivity contribution in [3.63, 3.8) is 0 Å². The van der Waals surface area contributed by atoms with Gasteiger partial charge in [-0.15, -0.1) is 0 Å². The maximum absolute atomic E-state index is 12.5. The van der Waals surface area contributed by atoms with Crippen LogP contribution in [-0.2, 0) is 22.3 Å². The van der Waals surface area contributed by atoms with Crippen molar-refractivity contribution >= 4 is 11.8 Å². The Kier molecular flexibility index (Phi) is 5.41. The van der Waals surface area contributed by atoms with Gasteiger partial charge in [-0.3, -0.25) is 0 Å². The molecule has 1 aromatic carbocycles. The first-order chi connectivity index (χ1) is 13.4. The lowest BCUT2D eigenvalue weighted by molar-refractivity contribution is 0.0258. The SMILES string of the molecule is CC(C)(C)OC(=O)N1CCc2cc3c(cc2CC1)N(C1CCOCC1)CCO3. The zero-order chi connectivity index (χ0) is 19.7. The molecule has 0 N–H and O–H groups in total. The van der Waals surface area contributed by atoms with Crippen LogP contribution in [0.25, 0.3) is 0 Å². The van der Waals surface area contributed by atoms with E-state index in [1.54, 1.807) is 0 Å². The molecule has 0 atom stereocenters. The fourth-order valence-electron chi connectivity index (χ4n) is 4.34. The number of hydrogen-bond donors (Lipinski definition) is 0. The van der Waals surface area contributed by atoms with Crippen molar-refractivity contribution in [2.75, 3.05) is 44.4 Å². The van der Waals surface area contributed by atoms with Crippen molar-refractivity contribution in [1.82, 2.24) is 4.90 Å². The quantitative estimate of drug-likeness (QED) is 0.738. The fraction of sp³-hybridized carbons (Fsp3) is 0.682. The van der Waals surface area contributed by atoms with Crippen molar-refractivity contribution in [3.8, 4) is 5.75 Å². The van der Waals surface area contributed by atoms with Gasteiger partial charge in [-0.25, -0.2) is 4.79 Å². The predicted molar refractivity (Wildman–Crippen MR) is 108 cm³/mol. The van der Waals surface area contributed by atoms with Crippen LogP contribution in [0.3, 0.4) is 0 Å². The van der Waals surface area contributed by atoms with Crippen molar-refractivity contribution < 1.29 is 19.0 Å². The van der Waals surface area contributed by atoms with Crippen LogP contribution in [0.15, 0.2) is 12.1 Å². The number of ether oxygens (including phenoxy) is 3. The number of benzene rings is 1. The Morgan fingerprint density at radius 3 is 2.39 bits per heavy atom. The summed E-state index contributed by atoms with van der Waals surface area (Å²) in [5, 5.41) is 0. The van der Waals surface area contributed by atoms with Gasteiger partial charge in [-0.05, 0) is 69.7 Å². The summed E-state index contributed by atoms with van der Waals surface area (Å²) in [6.07, 6.45) is 3.61. The van der Waals surface area contributed by atoms with Crippen LogP contribution in [0.2, 0.25) is 0 Å². The average molecular weight is 389 g/mol. The second-order valence-electron chi connectivity index (χ2n) is 8.94. The number of carbonyl (C=O) groups is 1. The number of hydrogen-bond acceptors (Lipinski definition) is 5. The molecule has 6 nitrogen and oxygen atoms in total. The third kappa shape index (κ3) is 4.22. The first-order valence-electron chi connectivity index (χ1n) is 10.5. The Morgan fingerprint density at radius 2 is 1.71 bits per heavy atom. The van der Waals surface area contributed by atoms with Crippen LogP contribution < -0.4 is 9.64 Å². The summed E-state index contributed by atoms with van der Waals surface area (Å²) in [5.41, 5.74) is 3.36. The minimum Gasteiger partial charge on any atom is -0.490 e. The van der Waals surface area contributed by atoms with Gasteiger partial charge in [0.05, 0.1) is 12.2 Å². The molecule has 154 valence electrons. The fourth-order valence-corrected chi connectivity index (χ4v) is 4.34. The number of rotatable bonds is 1. The van der Waals surface area contributed by atoms with E-state index in [0.29, 0.717) is 19.1 Å². The van der Waals surface area contributed by atoms with E-state index in [4.69, 9.17) is 14.2 Å². The lowest BCUT2D eigenvalue weighted by Gasteiger charge is -2.40. The normalized spacial score (nSPS) is 20.7. The highest BCUT2D eigenvalue weighted by Gasteiger charge is 2.30. The molecule has 0 spiro atoms. The van der Waals surface area contributed by atoms with Gasteiger partial charge >= 0.3 is 6.09 Å². The minimum atomic E-state index is -0.465. The van der Waals surface area contributed by atoms with E-state index in [9.17, 15) is 4.79 Å². The van der Waals surface area contributed by atoms with Crippen molar-refractivity contribution in [2.45, 2.75) is 58.1 Å². The molecule has 4 rings (SSSR count). The molecule has 0 bridgehead atoms. The summed E-state index contributed by atoms with van der Waals surface area (Å²) in [6, 6.07) is 5.03. The Labute approximate surface area is 167 Å². The first-order valence-corrected chi connectivity index (χ1v) is 10.5. The standard InChI is InChI=1S/C22H32N2O4/c1-22(2,3)28-21(25)23-8-4-16-14-19-20(15-17(16)5-9-23)27-13-10-24(19)18-6-11-26-12-7-18/h14-15,18H,4-13H2,1-3H3. The topological polar surface area (TPSA) is 51.2 Å². The molecule has 28 heavy (non-hydrogen) atoms. The molecule has 1 aromatic rings. The van der Waals surface area contributed by atoms with Crippen LogP contribution in [0.4, 0.5) is 10.5 Å². The van der Waals surface area contributed by atoms with Gasteiger partial charge in [-0.2, -0.15) is 0 Å². The first kappa shape index (κ1) is 19.4. The van der Waals surface area contributed by atoms with E-state index in [2.05, 4.69) is 17.0 Å². The smallest absolute Gasteiger partial charge is 0.410 e. The van der Waals surface area contributed by atoms with Gasteiger partial charge < -0.3 is 24.0 Å². The number of carbonyl (C=O) groups excluding carboxylic acids is 1. The van der Waals surface area contributed by atoms with Crippen LogP contribution in [0, 0.1) is 0 Å². The van der Waals surface area contributed by atoms with Crippen LogP contribution >= 0.6 is 0 Å². The van der Waals surface area contributed by atoms with E-state index >= 15 is 0 Å². The molecule has 3 aliphatic rings. The monoisotopic (exact) mass is 388 g/mol. The lowest BCUT2D eigenvalue weighted by Crippen LogP contribution is -2.44. The molecular formula is C22H32N2O4. The summed E-state index contributed by atoms with van der Waals surface area (Å²) in [5.74, 6) is 0.988. The molecule has 0 aliphatic carbocycles. The van der Waals surface area contributed by atoms with Gasteiger partial charge in [0.25, 0.3) is 0 Å². The second-order valence-corrected chi connectivity index (χ2v) is 8.94. The van der Waals surface area contributed by atoms with E-state index < -0.39 is 5.60 Å². The summed E-state index contributed by atoms with van der Waals surface area (Å²) in [7, 11) is 0. The van der Waals surface area contributed by atoms with Gasteiger partial charge in [0.15, 0.2) is 0 Å². The lowest BCUT2D eigenvalue weighted by atomic mass is 9.98. The second kappa shape index (κ2) is 7.82. The molecule has 0 radical (unpaired) electrons. The van der Waals surface area contributed by atoms with E-state index in [1.807, 2.05) is 25.7 Å². The van der Waals surface area contributed by atoms with E-state index in [0.717, 1.165) is 57.8 Å². The highest BCUT2D eigenvalue weighted by atomic mass is 16.6. The molecular weight excluding hydrogens is 356 g/mol. The maximum atomic E-state index is 12.5. The highest BCUT2D eigenvalue weighted by Crippen LogP contribution is 2.38. The number of fused-ring (bicyclic) bond motifs is 2. The molecule has 0 unspecified atom stereocenters. The Balaban J connectivity index is 1.52. The van der Waals surface area contributed by atoms with Gasteiger partial charge in [-0.1, -0.05) is 0 Å². The van der Waals surface area contributed by atoms with E-state index in [1.165, 1.54) is 16.8 Å². The minimum absolute atomic E-state index is 0.217. The Morgan fingerprint density at radius 1 is 1.04 bits per heavy atom. The highest BCUT2D eigenvalue weighted by molar-refractivity contribution is 5.69. The molecule has 0 aromatic heterocycles. The summed E-state index contributed by atoms with van der Waals surface area (Å²) >= 11 is 0. The number of nitrogens with zero attached hydrogens (tertiary/aromatic N) is 2. The van der Waals surface area contributed by atoms with Crippen LogP contribution in [0.1, 0.15) is 44.7 Å². The molecule has 1 saturated heterocycles. The molecule has 0 saturated carbocycles. The average Bonchev–Trinajstić information content (AvgIpc) is 2.87. The Bertz CT molecular complexity index is 722. The molecule has 3 aliphatic heterocycles. The predicted octanol–water partition coefficient (Wildman–Crippen LogP) is 3.40. The molecule has 1 amide bonds. The molecule has 3 heterocycles. The summed E-state index contributed by atoms with van der Waals surface area (Å²) in [4.78, 5) is 16.8.